The van der Waals surface area contributed by atoms with Gasteiger partial charge in [-0.3, -0.25) is 9.69 Å². The van der Waals surface area contributed by atoms with Gasteiger partial charge in [-0.15, -0.1) is 11.3 Å². The zero-order valence-corrected chi connectivity index (χ0v) is 12.1. The van der Waals surface area contributed by atoms with Crippen molar-refractivity contribution in [2.45, 2.75) is 38.3 Å². The Morgan fingerprint density at radius 2 is 2.41 bits per heavy atom. The number of carboxylic acid groups (broad SMARTS) is 1. The lowest BCUT2D eigenvalue weighted by molar-refractivity contribution is -0.137. The third kappa shape index (κ3) is 3.53. The predicted octanol–water partition coefficient (Wildman–Crippen LogP) is 3.51. The van der Waals surface area contributed by atoms with Crippen LogP contribution >= 0.6 is 27.3 Å². The molecular formula is C12H16BrNO2S. The summed E-state index contributed by atoms with van der Waals surface area (Å²) in [6, 6.07) is 3.04. The summed E-state index contributed by atoms with van der Waals surface area (Å²) in [5.41, 5.74) is 0. The van der Waals surface area contributed by atoms with E-state index in [0.29, 0.717) is 18.6 Å². The summed E-state index contributed by atoms with van der Waals surface area (Å²) in [6.07, 6.45) is 2.64. The van der Waals surface area contributed by atoms with Gasteiger partial charge in [-0.25, -0.2) is 0 Å². The van der Waals surface area contributed by atoms with Crippen LogP contribution in [0, 0.1) is 0 Å². The average molecular weight is 318 g/mol. The van der Waals surface area contributed by atoms with Crippen molar-refractivity contribution in [2.75, 3.05) is 6.54 Å². The molecule has 3 nitrogen and oxygen atoms in total. The molecule has 1 N–H and O–H groups in total. The van der Waals surface area contributed by atoms with Crippen molar-refractivity contribution < 1.29 is 9.90 Å². The third-order valence-corrected chi connectivity index (χ3v) is 4.96. The molecule has 1 heterocycles. The minimum atomic E-state index is -0.713. The van der Waals surface area contributed by atoms with Gasteiger partial charge in [-0.1, -0.05) is 0 Å². The van der Waals surface area contributed by atoms with Crippen LogP contribution in [0.5, 0.6) is 0 Å². The molecule has 94 valence electrons. The smallest absolute Gasteiger partial charge is 0.304 e. The Labute approximate surface area is 114 Å². The average Bonchev–Trinajstić information content (AvgIpc) is 3.00. The number of rotatable bonds is 6. The van der Waals surface area contributed by atoms with Crippen molar-refractivity contribution >= 4 is 33.2 Å². The number of aliphatic carboxylic acids is 1. The van der Waals surface area contributed by atoms with E-state index < -0.39 is 5.97 Å². The van der Waals surface area contributed by atoms with Gasteiger partial charge in [0.05, 0.1) is 6.42 Å². The molecule has 5 heteroatoms. The first-order valence-corrected chi connectivity index (χ1v) is 7.46. The number of thiophene rings is 1. The molecule has 0 saturated heterocycles. The van der Waals surface area contributed by atoms with Gasteiger partial charge in [0.1, 0.15) is 0 Å². The summed E-state index contributed by atoms with van der Waals surface area (Å²) in [6.45, 7) is 2.81. The first kappa shape index (κ1) is 13.1. The highest BCUT2D eigenvalue weighted by atomic mass is 79.9. The third-order valence-electron chi connectivity index (χ3n) is 3.10. The van der Waals surface area contributed by atoms with Gasteiger partial charge in [0.2, 0.25) is 0 Å². The maximum absolute atomic E-state index is 10.7. The van der Waals surface area contributed by atoms with Crippen LogP contribution in [0.2, 0.25) is 0 Å². The highest BCUT2D eigenvalue weighted by Gasteiger charge is 2.33. The summed E-state index contributed by atoms with van der Waals surface area (Å²) < 4.78 is 1.11. The maximum Gasteiger partial charge on any atom is 0.304 e. The van der Waals surface area contributed by atoms with Gasteiger partial charge in [-0.05, 0) is 41.8 Å². The van der Waals surface area contributed by atoms with Gasteiger partial charge in [0.15, 0.2) is 0 Å². The van der Waals surface area contributed by atoms with Crippen LogP contribution in [-0.4, -0.2) is 28.6 Å². The van der Waals surface area contributed by atoms with Crippen molar-refractivity contribution in [3.63, 3.8) is 0 Å². The Kier molecular flexibility index (Phi) is 4.22. The van der Waals surface area contributed by atoms with Crippen molar-refractivity contribution in [1.82, 2.24) is 4.90 Å². The predicted molar refractivity (Wildman–Crippen MR) is 72.4 cm³/mol. The Bertz CT molecular complexity index is 403. The summed E-state index contributed by atoms with van der Waals surface area (Å²) >= 11 is 5.19. The molecule has 0 radical (unpaired) electrons. The summed E-state index contributed by atoms with van der Waals surface area (Å²) in [5.74, 6) is -0.713. The second-order valence-electron chi connectivity index (χ2n) is 4.46. The second kappa shape index (κ2) is 5.50. The molecule has 1 aliphatic carbocycles. The van der Waals surface area contributed by atoms with E-state index >= 15 is 0 Å². The van der Waals surface area contributed by atoms with Crippen molar-refractivity contribution in [3.05, 3.63) is 20.8 Å². The van der Waals surface area contributed by atoms with E-state index in [1.165, 1.54) is 17.7 Å². The molecule has 1 saturated carbocycles. The molecule has 1 aromatic heterocycles. The highest BCUT2D eigenvalue weighted by molar-refractivity contribution is 9.10. The van der Waals surface area contributed by atoms with Gasteiger partial charge < -0.3 is 5.11 Å². The quantitative estimate of drug-likeness (QED) is 0.872. The Hall–Kier alpha value is -0.390. The minimum Gasteiger partial charge on any atom is -0.481 e. The lowest BCUT2D eigenvalue weighted by Crippen LogP contribution is -2.31. The van der Waals surface area contributed by atoms with E-state index in [1.807, 2.05) is 0 Å². The molecule has 2 rings (SSSR count). The number of hydrogen-bond donors (Lipinski definition) is 1. The summed E-state index contributed by atoms with van der Waals surface area (Å²) in [4.78, 5) is 14.3. The van der Waals surface area contributed by atoms with Gasteiger partial charge >= 0.3 is 5.97 Å². The number of hydrogen-bond acceptors (Lipinski definition) is 3. The van der Waals surface area contributed by atoms with Crippen LogP contribution in [0.3, 0.4) is 0 Å². The molecule has 1 aromatic rings. The van der Waals surface area contributed by atoms with Crippen LogP contribution < -0.4 is 0 Å². The van der Waals surface area contributed by atoms with E-state index in [2.05, 4.69) is 39.2 Å². The molecule has 0 aromatic carbocycles. The number of carboxylic acids is 1. The van der Waals surface area contributed by atoms with Crippen molar-refractivity contribution in [1.29, 1.82) is 0 Å². The molecular weight excluding hydrogens is 302 g/mol. The zero-order chi connectivity index (χ0) is 12.4. The van der Waals surface area contributed by atoms with Gasteiger partial charge in [0, 0.05) is 33.4 Å². The lowest BCUT2D eigenvalue weighted by atomic mass is 10.2. The SMILES string of the molecule is CC(c1cc(Br)cs1)N(CCC(=O)O)C1CC1. The minimum absolute atomic E-state index is 0.230. The van der Waals surface area contributed by atoms with Crippen LogP contribution in [0.25, 0.3) is 0 Å². The van der Waals surface area contributed by atoms with Gasteiger partial charge in [0.25, 0.3) is 0 Å². The molecule has 17 heavy (non-hydrogen) atoms. The Morgan fingerprint density at radius 3 is 2.88 bits per heavy atom. The molecule has 0 aliphatic heterocycles. The maximum atomic E-state index is 10.7. The largest absolute Gasteiger partial charge is 0.481 e. The Balaban J connectivity index is 2.02. The summed E-state index contributed by atoms with van der Waals surface area (Å²) in [7, 11) is 0. The fourth-order valence-corrected chi connectivity index (χ4v) is 3.56. The number of nitrogens with zero attached hydrogens (tertiary/aromatic N) is 1. The van der Waals surface area contributed by atoms with Crippen LogP contribution in [-0.2, 0) is 4.79 Å². The molecule has 0 bridgehead atoms. The van der Waals surface area contributed by atoms with E-state index in [-0.39, 0.29) is 6.42 Å². The topological polar surface area (TPSA) is 40.5 Å². The molecule has 1 atom stereocenters. The standard InChI is InChI=1S/C12H16BrNO2S/c1-8(11-6-9(13)7-17-11)14(10-2-3-10)5-4-12(15)16/h6-8,10H,2-5H2,1H3,(H,15,16). The van der Waals surface area contributed by atoms with E-state index in [9.17, 15) is 4.79 Å². The molecule has 1 fully saturated rings. The van der Waals surface area contributed by atoms with E-state index in [4.69, 9.17) is 5.11 Å². The fourth-order valence-electron chi connectivity index (χ4n) is 2.03. The second-order valence-corrected chi connectivity index (χ2v) is 6.31. The van der Waals surface area contributed by atoms with Crippen molar-refractivity contribution in [2.24, 2.45) is 0 Å². The Morgan fingerprint density at radius 1 is 1.71 bits per heavy atom. The zero-order valence-electron chi connectivity index (χ0n) is 9.73. The number of carbonyl (C=O) groups is 1. The molecule has 0 amide bonds. The van der Waals surface area contributed by atoms with E-state index in [1.54, 1.807) is 11.3 Å². The molecule has 0 spiro atoms. The lowest BCUT2D eigenvalue weighted by Gasteiger charge is -2.27. The van der Waals surface area contributed by atoms with Gasteiger partial charge in [-0.2, -0.15) is 0 Å². The molecule has 1 aliphatic rings. The highest BCUT2D eigenvalue weighted by Crippen LogP contribution is 2.37. The fraction of sp³-hybridized carbons (Fsp3) is 0.583. The number of halogens is 1. The first-order chi connectivity index (χ1) is 8.08. The first-order valence-electron chi connectivity index (χ1n) is 5.79. The van der Waals surface area contributed by atoms with Crippen LogP contribution in [0.15, 0.2) is 15.9 Å². The summed E-state index contributed by atoms with van der Waals surface area (Å²) in [5, 5.41) is 10.9. The van der Waals surface area contributed by atoms with Crippen molar-refractivity contribution in [3.8, 4) is 0 Å². The molecule has 1 unspecified atom stereocenters. The monoisotopic (exact) mass is 317 g/mol. The van der Waals surface area contributed by atoms with Crippen LogP contribution in [0.1, 0.15) is 37.1 Å². The van der Waals surface area contributed by atoms with E-state index in [0.717, 1.165) is 4.47 Å². The van der Waals surface area contributed by atoms with Crippen LogP contribution in [0.4, 0.5) is 0 Å². The normalized spacial score (nSPS) is 17.4.